The van der Waals surface area contributed by atoms with Crippen LogP contribution in [0.15, 0.2) is 12.3 Å². The summed E-state index contributed by atoms with van der Waals surface area (Å²) in [5.74, 6) is -1.14. The molecule has 0 amide bonds. The number of allylic oxidation sites excluding steroid dienone is 1. The zero-order valence-corrected chi connectivity index (χ0v) is 8.53. The molecule has 0 saturated heterocycles. The average molecular weight is 200 g/mol. The average Bonchev–Trinajstić information content (AvgIpc) is 2.14. The molecule has 0 rings (SSSR count). The SMILES string of the molecule is CCC(C)C=COC(=O)CCC(=O)O. The van der Waals surface area contributed by atoms with Crippen LogP contribution < -0.4 is 0 Å². The summed E-state index contributed by atoms with van der Waals surface area (Å²) in [6.07, 6.45) is 3.82. The number of aliphatic carboxylic acids is 1. The van der Waals surface area contributed by atoms with Gasteiger partial charge in [-0.1, -0.05) is 13.8 Å². The van der Waals surface area contributed by atoms with Crippen LogP contribution in [0.5, 0.6) is 0 Å². The Bertz CT molecular complexity index is 220. The molecule has 0 fully saturated rings. The standard InChI is InChI=1S/C10H16O4/c1-3-8(2)6-7-14-10(13)5-4-9(11)12/h6-8H,3-5H2,1-2H3,(H,11,12). The van der Waals surface area contributed by atoms with Crippen LogP contribution in [0.2, 0.25) is 0 Å². The van der Waals surface area contributed by atoms with Gasteiger partial charge in [-0.05, 0) is 18.4 Å². The molecule has 0 aliphatic carbocycles. The predicted octanol–water partition coefficient (Wildman–Crippen LogP) is 1.95. The lowest BCUT2D eigenvalue weighted by atomic mass is 10.1. The molecule has 1 unspecified atom stereocenters. The first-order valence-electron chi connectivity index (χ1n) is 4.64. The molecule has 0 aromatic rings. The highest BCUT2D eigenvalue weighted by atomic mass is 16.5. The van der Waals surface area contributed by atoms with E-state index < -0.39 is 11.9 Å². The van der Waals surface area contributed by atoms with Crippen molar-refractivity contribution in [2.24, 2.45) is 5.92 Å². The number of carbonyl (C=O) groups excluding carboxylic acids is 1. The van der Waals surface area contributed by atoms with Crippen molar-refractivity contribution in [1.82, 2.24) is 0 Å². The van der Waals surface area contributed by atoms with Gasteiger partial charge in [0.05, 0.1) is 19.1 Å². The third-order valence-electron chi connectivity index (χ3n) is 1.79. The monoisotopic (exact) mass is 200 g/mol. The maximum absolute atomic E-state index is 10.9. The van der Waals surface area contributed by atoms with E-state index in [4.69, 9.17) is 5.11 Å². The Morgan fingerprint density at radius 2 is 2.07 bits per heavy atom. The zero-order valence-electron chi connectivity index (χ0n) is 8.53. The first-order chi connectivity index (χ1) is 6.56. The highest BCUT2D eigenvalue weighted by molar-refractivity contribution is 5.76. The van der Waals surface area contributed by atoms with Crippen LogP contribution in [0.1, 0.15) is 33.1 Å². The first kappa shape index (κ1) is 12.7. The third kappa shape index (κ3) is 7.34. The molecule has 0 aliphatic rings. The quantitative estimate of drug-likeness (QED) is 0.525. The van der Waals surface area contributed by atoms with Crippen LogP contribution in [0.25, 0.3) is 0 Å². The van der Waals surface area contributed by atoms with Gasteiger partial charge in [0, 0.05) is 0 Å². The number of hydrogen-bond acceptors (Lipinski definition) is 3. The number of rotatable bonds is 6. The van der Waals surface area contributed by atoms with Crippen molar-refractivity contribution < 1.29 is 19.4 Å². The molecule has 0 spiro atoms. The summed E-state index contributed by atoms with van der Waals surface area (Å²) in [6.45, 7) is 4.03. The van der Waals surface area contributed by atoms with Gasteiger partial charge in [-0.25, -0.2) is 0 Å². The maximum atomic E-state index is 10.9. The number of ether oxygens (including phenoxy) is 1. The molecule has 80 valence electrons. The summed E-state index contributed by atoms with van der Waals surface area (Å²) >= 11 is 0. The minimum absolute atomic E-state index is 0.0832. The van der Waals surface area contributed by atoms with Gasteiger partial charge in [0.1, 0.15) is 0 Å². The Balaban J connectivity index is 3.63. The van der Waals surface area contributed by atoms with E-state index in [0.717, 1.165) is 6.42 Å². The van der Waals surface area contributed by atoms with Gasteiger partial charge in [0.25, 0.3) is 0 Å². The minimum atomic E-state index is -0.993. The molecule has 0 aromatic heterocycles. The summed E-state index contributed by atoms with van der Waals surface area (Å²) in [6, 6.07) is 0. The molecule has 0 aliphatic heterocycles. The molecule has 0 aromatic carbocycles. The normalized spacial score (nSPS) is 12.7. The molecule has 14 heavy (non-hydrogen) atoms. The molecule has 4 nitrogen and oxygen atoms in total. The molecular weight excluding hydrogens is 184 g/mol. The van der Waals surface area contributed by atoms with Crippen molar-refractivity contribution in [3.05, 3.63) is 12.3 Å². The van der Waals surface area contributed by atoms with Crippen LogP contribution in [-0.2, 0) is 14.3 Å². The van der Waals surface area contributed by atoms with Gasteiger partial charge in [0.2, 0.25) is 0 Å². The molecule has 0 bridgehead atoms. The summed E-state index contributed by atoms with van der Waals surface area (Å²) in [7, 11) is 0. The van der Waals surface area contributed by atoms with Crippen LogP contribution in [0.4, 0.5) is 0 Å². The lowest BCUT2D eigenvalue weighted by molar-refractivity contribution is -0.144. The summed E-state index contributed by atoms with van der Waals surface area (Å²) in [5.41, 5.74) is 0. The van der Waals surface area contributed by atoms with E-state index in [0.29, 0.717) is 5.92 Å². The van der Waals surface area contributed by atoms with E-state index in [1.807, 2.05) is 13.8 Å². The van der Waals surface area contributed by atoms with Crippen molar-refractivity contribution in [3.63, 3.8) is 0 Å². The van der Waals surface area contributed by atoms with Gasteiger partial charge in [-0.2, -0.15) is 0 Å². The minimum Gasteiger partial charge on any atom is -0.481 e. The van der Waals surface area contributed by atoms with Gasteiger partial charge >= 0.3 is 11.9 Å². The van der Waals surface area contributed by atoms with E-state index >= 15 is 0 Å². The number of hydrogen-bond donors (Lipinski definition) is 1. The summed E-state index contributed by atoms with van der Waals surface area (Å²) < 4.78 is 4.68. The second-order valence-corrected chi connectivity index (χ2v) is 3.10. The third-order valence-corrected chi connectivity index (χ3v) is 1.79. The van der Waals surface area contributed by atoms with E-state index in [1.54, 1.807) is 6.08 Å². The van der Waals surface area contributed by atoms with E-state index in [-0.39, 0.29) is 12.8 Å². The smallest absolute Gasteiger partial charge is 0.311 e. The van der Waals surface area contributed by atoms with Crippen molar-refractivity contribution >= 4 is 11.9 Å². The lowest BCUT2D eigenvalue weighted by Gasteiger charge is -2.00. The second-order valence-electron chi connectivity index (χ2n) is 3.10. The molecule has 1 N–H and O–H groups in total. The number of carbonyl (C=O) groups is 2. The van der Waals surface area contributed by atoms with Crippen molar-refractivity contribution in [3.8, 4) is 0 Å². The molecule has 0 radical (unpaired) electrons. The Kier molecular flexibility index (Phi) is 6.45. The van der Waals surface area contributed by atoms with Gasteiger partial charge in [-0.15, -0.1) is 0 Å². The van der Waals surface area contributed by atoms with E-state index in [1.165, 1.54) is 6.26 Å². The largest absolute Gasteiger partial charge is 0.481 e. The molecule has 4 heteroatoms. The second kappa shape index (κ2) is 7.12. The fraction of sp³-hybridized carbons (Fsp3) is 0.600. The van der Waals surface area contributed by atoms with Crippen LogP contribution in [-0.4, -0.2) is 17.0 Å². The lowest BCUT2D eigenvalue weighted by Crippen LogP contribution is -2.04. The predicted molar refractivity (Wildman–Crippen MR) is 51.6 cm³/mol. The molecule has 1 atom stereocenters. The Morgan fingerprint density at radius 1 is 1.43 bits per heavy atom. The highest BCUT2D eigenvalue weighted by Crippen LogP contribution is 2.02. The Hall–Kier alpha value is -1.32. The van der Waals surface area contributed by atoms with E-state index in [2.05, 4.69) is 4.74 Å². The van der Waals surface area contributed by atoms with Gasteiger partial charge < -0.3 is 9.84 Å². The highest BCUT2D eigenvalue weighted by Gasteiger charge is 2.04. The van der Waals surface area contributed by atoms with Crippen molar-refractivity contribution in [2.75, 3.05) is 0 Å². The number of esters is 1. The Labute approximate surface area is 83.6 Å². The Morgan fingerprint density at radius 3 is 2.57 bits per heavy atom. The van der Waals surface area contributed by atoms with Gasteiger partial charge in [0.15, 0.2) is 0 Å². The van der Waals surface area contributed by atoms with Crippen LogP contribution in [0.3, 0.4) is 0 Å². The molecule has 0 saturated carbocycles. The van der Waals surface area contributed by atoms with Gasteiger partial charge in [-0.3, -0.25) is 9.59 Å². The van der Waals surface area contributed by atoms with Crippen molar-refractivity contribution in [2.45, 2.75) is 33.1 Å². The zero-order chi connectivity index (χ0) is 11.0. The fourth-order valence-electron chi connectivity index (χ4n) is 0.653. The maximum Gasteiger partial charge on any atom is 0.311 e. The summed E-state index contributed by atoms with van der Waals surface area (Å²) in [5, 5.41) is 8.29. The summed E-state index contributed by atoms with van der Waals surface area (Å²) in [4.78, 5) is 21.0. The number of carboxylic acids is 1. The van der Waals surface area contributed by atoms with E-state index in [9.17, 15) is 9.59 Å². The molecular formula is C10H16O4. The first-order valence-corrected chi connectivity index (χ1v) is 4.64. The van der Waals surface area contributed by atoms with Crippen LogP contribution >= 0.6 is 0 Å². The fourth-order valence-corrected chi connectivity index (χ4v) is 0.653. The molecule has 0 heterocycles. The van der Waals surface area contributed by atoms with Crippen LogP contribution in [0, 0.1) is 5.92 Å². The number of carboxylic acid groups (broad SMARTS) is 1. The van der Waals surface area contributed by atoms with Crippen molar-refractivity contribution in [1.29, 1.82) is 0 Å². The topological polar surface area (TPSA) is 63.6 Å².